The van der Waals surface area contributed by atoms with Crippen LogP contribution >= 0.6 is 0 Å². The highest BCUT2D eigenvalue weighted by Gasteiger charge is 2.47. The molecule has 1 aliphatic carbocycles. The molecule has 0 spiro atoms. The fourth-order valence-electron chi connectivity index (χ4n) is 2.37. The summed E-state index contributed by atoms with van der Waals surface area (Å²) in [5.74, 6) is 0. The van der Waals surface area contributed by atoms with Gasteiger partial charge in [-0.05, 0) is 23.7 Å². The highest BCUT2D eigenvalue weighted by atomic mass is 15.0. The first-order valence-corrected chi connectivity index (χ1v) is 4.52. The molecule has 11 heavy (non-hydrogen) atoms. The summed E-state index contributed by atoms with van der Waals surface area (Å²) in [5, 5.41) is 3.51. The Morgan fingerprint density at radius 1 is 1.00 bits per heavy atom. The van der Waals surface area contributed by atoms with Crippen molar-refractivity contribution in [3.63, 3.8) is 0 Å². The van der Waals surface area contributed by atoms with E-state index in [1.54, 1.807) is 0 Å². The quantitative estimate of drug-likeness (QED) is 0.522. The molecule has 0 aromatic heterocycles. The molecule has 1 saturated heterocycles. The molecular weight excluding hydrogens is 134 g/mol. The lowest BCUT2D eigenvalue weighted by atomic mass is 9.62. The number of hydrogen-bond donors (Lipinski definition) is 1. The van der Waals surface area contributed by atoms with Crippen molar-refractivity contribution in [2.24, 2.45) is 10.8 Å². The maximum absolute atomic E-state index is 3.51. The molecule has 2 aliphatic rings. The van der Waals surface area contributed by atoms with Gasteiger partial charge in [-0.25, -0.2) is 0 Å². The van der Waals surface area contributed by atoms with Gasteiger partial charge in [0.05, 0.1) is 0 Å². The molecule has 0 unspecified atom stereocenters. The molecule has 1 N–H and O–H groups in total. The monoisotopic (exact) mass is 151 g/mol. The van der Waals surface area contributed by atoms with Crippen molar-refractivity contribution in [2.75, 3.05) is 13.1 Å². The first kappa shape index (κ1) is 7.35. The summed E-state index contributed by atoms with van der Waals surface area (Å²) in [6.07, 6.45) is 7.20. The van der Waals surface area contributed by atoms with Crippen LogP contribution in [0.4, 0.5) is 0 Å². The zero-order valence-electron chi connectivity index (χ0n) is 7.48. The van der Waals surface area contributed by atoms with E-state index in [0.717, 1.165) is 0 Å². The molecular formula is C10H17N. The predicted molar refractivity (Wildman–Crippen MR) is 47.5 cm³/mol. The second-order valence-electron chi connectivity index (χ2n) is 4.60. The lowest BCUT2D eigenvalue weighted by Crippen LogP contribution is -2.37. The number of rotatable bonds is 0. The Morgan fingerprint density at radius 2 is 1.45 bits per heavy atom. The van der Waals surface area contributed by atoms with E-state index in [4.69, 9.17) is 0 Å². The molecule has 1 fully saturated rings. The van der Waals surface area contributed by atoms with Crippen molar-refractivity contribution in [1.29, 1.82) is 0 Å². The van der Waals surface area contributed by atoms with Gasteiger partial charge in [0.25, 0.3) is 0 Å². The summed E-state index contributed by atoms with van der Waals surface area (Å²) >= 11 is 0. The Morgan fingerprint density at radius 3 is 1.91 bits per heavy atom. The third kappa shape index (κ3) is 0.871. The van der Waals surface area contributed by atoms with Crippen molar-refractivity contribution < 1.29 is 0 Å². The fraction of sp³-hybridized carbons (Fsp3) is 0.800. The number of fused-ring (bicyclic) bond motifs is 1. The van der Waals surface area contributed by atoms with Crippen LogP contribution in [-0.2, 0) is 0 Å². The summed E-state index contributed by atoms with van der Waals surface area (Å²) in [4.78, 5) is 0. The van der Waals surface area contributed by atoms with Crippen molar-refractivity contribution in [2.45, 2.75) is 26.7 Å². The summed E-state index contributed by atoms with van der Waals surface area (Å²) in [5.41, 5.74) is 1.06. The molecule has 1 heterocycles. The maximum atomic E-state index is 3.51. The van der Waals surface area contributed by atoms with Crippen LogP contribution in [-0.4, -0.2) is 13.1 Å². The summed E-state index contributed by atoms with van der Waals surface area (Å²) < 4.78 is 0. The second-order valence-corrected chi connectivity index (χ2v) is 4.60. The van der Waals surface area contributed by atoms with E-state index in [1.165, 1.54) is 25.9 Å². The van der Waals surface area contributed by atoms with Crippen molar-refractivity contribution in [3.8, 4) is 0 Å². The Balaban J connectivity index is 2.32. The van der Waals surface area contributed by atoms with Gasteiger partial charge in [0, 0.05) is 13.1 Å². The van der Waals surface area contributed by atoms with Crippen molar-refractivity contribution >= 4 is 0 Å². The van der Waals surface area contributed by atoms with E-state index in [9.17, 15) is 0 Å². The molecule has 0 aromatic carbocycles. The van der Waals surface area contributed by atoms with Crippen LogP contribution in [0, 0.1) is 10.8 Å². The lowest BCUT2D eigenvalue weighted by molar-refractivity contribution is 0.131. The standard InChI is InChI=1S/C10H17N/c1-9-5-3-4-6-10(9,2)8-11-7-9/h3-4,11H,5-8H2,1-2H3/t9-,10+. The highest BCUT2D eigenvalue weighted by molar-refractivity contribution is 5.11. The Kier molecular flexibility index (Phi) is 1.40. The molecule has 2 rings (SSSR count). The summed E-state index contributed by atoms with van der Waals surface area (Å²) in [6.45, 7) is 7.23. The van der Waals surface area contributed by atoms with Gasteiger partial charge in [0.2, 0.25) is 0 Å². The molecule has 0 amide bonds. The van der Waals surface area contributed by atoms with E-state index in [0.29, 0.717) is 10.8 Å². The normalized spacial score (nSPS) is 49.3. The predicted octanol–water partition coefficient (Wildman–Crippen LogP) is 1.95. The Bertz CT molecular complexity index is 177. The van der Waals surface area contributed by atoms with Crippen LogP contribution in [0.1, 0.15) is 26.7 Å². The first-order valence-electron chi connectivity index (χ1n) is 4.52. The molecule has 0 saturated carbocycles. The smallest absolute Gasteiger partial charge is 0.00142 e. The van der Waals surface area contributed by atoms with E-state index in [2.05, 4.69) is 31.3 Å². The average molecular weight is 151 g/mol. The van der Waals surface area contributed by atoms with Crippen LogP contribution < -0.4 is 5.32 Å². The van der Waals surface area contributed by atoms with Crippen LogP contribution in [0.2, 0.25) is 0 Å². The minimum absolute atomic E-state index is 0.530. The number of nitrogens with one attached hydrogen (secondary N) is 1. The largest absolute Gasteiger partial charge is 0.316 e. The van der Waals surface area contributed by atoms with E-state index in [-0.39, 0.29) is 0 Å². The van der Waals surface area contributed by atoms with E-state index >= 15 is 0 Å². The molecule has 1 nitrogen and oxygen atoms in total. The zero-order valence-corrected chi connectivity index (χ0v) is 7.48. The SMILES string of the molecule is C[C@@]12CC=CC[C@]1(C)CNC2. The van der Waals surface area contributed by atoms with Gasteiger partial charge < -0.3 is 5.32 Å². The molecule has 1 aliphatic heterocycles. The van der Waals surface area contributed by atoms with Gasteiger partial charge in [-0.1, -0.05) is 26.0 Å². The van der Waals surface area contributed by atoms with Crippen molar-refractivity contribution in [1.82, 2.24) is 5.32 Å². The van der Waals surface area contributed by atoms with E-state index in [1.807, 2.05) is 0 Å². The van der Waals surface area contributed by atoms with Gasteiger partial charge >= 0.3 is 0 Å². The Hall–Kier alpha value is -0.300. The van der Waals surface area contributed by atoms with Gasteiger partial charge in [-0.15, -0.1) is 0 Å². The molecule has 0 aromatic rings. The van der Waals surface area contributed by atoms with E-state index < -0.39 is 0 Å². The summed E-state index contributed by atoms with van der Waals surface area (Å²) in [6, 6.07) is 0. The van der Waals surface area contributed by atoms with Crippen LogP contribution in [0.15, 0.2) is 12.2 Å². The minimum atomic E-state index is 0.530. The Labute approximate surface area is 68.9 Å². The molecule has 1 heteroatoms. The van der Waals surface area contributed by atoms with Crippen LogP contribution in [0.25, 0.3) is 0 Å². The van der Waals surface area contributed by atoms with Gasteiger partial charge in [-0.2, -0.15) is 0 Å². The first-order chi connectivity index (χ1) is 5.16. The topological polar surface area (TPSA) is 12.0 Å². The fourth-order valence-corrected chi connectivity index (χ4v) is 2.37. The highest BCUT2D eigenvalue weighted by Crippen LogP contribution is 2.49. The maximum Gasteiger partial charge on any atom is 0.00142 e. The van der Waals surface area contributed by atoms with Gasteiger partial charge in [-0.3, -0.25) is 0 Å². The van der Waals surface area contributed by atoms with Crippen LogP contribution in [0.3, 0.4) is 0 Å². The van der Waals surface area contributed by atoms with Gasteiger partial charge in [0.1, 0.15) is 0 Å². The third-order valence-electron chi connectivity index (χ3n) is 3.79. The molecule has 0 bridgehead atoms. The molecule has 2 atom stereocenters. The van der Waals surface area contributed by atoms with Crippen molar-refractivity contribution in [3.05, 3.63) is 12.2 Å². The van der Waals surface area contributed by atoms with Gasteiger partial charge in [0.15, 0.2) is 0 Å². The van der Waals surface area contributed by atoms with Crippen LogP contribution in [0.5, 0.6) is 0 Å². The zero-order chi connectivity index (χ0) is 7.95. The third-order valence-corrected chi connectivity index (χ3v) is 3.79. The molecule has 0 radical (unpaired) electrons. The summed E-state index contributed by atoms with van der Waals surface area (Å²) in [7, 11) is 0. The number of hydrogen-bond acceptors (Lipinski definition) is 1. The second kappa shape index (κ2) is 2.10. The minimum Gasteiger partial charge on any atom is -0.316 e. The number of allylic oxidation sites excluding steroid dienone is 2. The molecule has 62 valence electrons. The lowest BCUT2D eigenvalue weighted by Gasteiger charge is -2.41. The average Bonchev–Trinajstić information content (AvgIpc) is 2.25.